The molecule has 0 aliphatic heterocycles. The molecular weight excluding hydrogens is 708 g/mol. The Morgan fingerprint density at radius 3 is 0.929 bits per heavy atom. The Labute approximate surface area is 277 Å². The van der Waals surface area contributed by atoms with Crippen molar-refractivity contribution in [1.29, 1.82) is 0 Å². The zero-order chi connectivity index (χ0) is 29.8. The molecular formula is C39H39Br3. The second-order valence-corrected chi connectivity index (χ2v) is 17.3. The number of benzene rings is 4. The predicted octanol–water partition coefficient (Wildman–Crippen LogP) is 12.6. The highest BCUT2D eigenvalue weighted by atomic mass is 79.9. The lowest BCUT2D eigenvalue weighted by molar-refractivity contribution is 0.485. The molecule has 3 aliphatic carbocycles. The average Bonchev–Trinajstić information content (AvgIpc) is 3.19. The first-order valence-electron chi connectivity index (χ1n) is 15.4. The van der Waals surface area contributed by atoms with Crippen molar-refractivity contribution in [3.8, 4) is 33.4 Å². The fraction of sp³-hybridized carbons (Fsp3) is 0.385. The lowest BCUT2D eigenvalue weighted by atomic mass is 9.76. The maximum Gasteiger partial charge on any atom is 0.0256 e. The summed E-state index contributed by atoms with van der Waals surface area (Å²) in [6.07, 6.45) is 6.61. The molecule has 0 aromatic heterocycles. The molecule has 0 spiro atoms. The van der Waals surface area contributed by atoms with Gasteiger partial charge in [-0.05, 0) is 123 Å². The van der Waals surface area contributed by atoms with E-state index in [-0.39, 0.29) is 16.2 Å². The normalized spacial score (nSPS) is 19.1. The van der Waals surface area contributed by atoms with Gasteiger partial charge in [-0.1, -0.05) is 126 Å². The number of fused-ring (bicyclic) bond motifs is 12. The highest BCUT2D eigenvalue weighted by Crippen LogP contribution is 2.58. The molecule has 0 unspecified atom stereocenters. The third-order valence-corrected chi connectivity index (χ3v) is 12.8. The number of hydrogen-bond acceptors (Lipinski definition) is 0. The first-order chi connectivity index (χ1) is 19.8. The summed E-state index contributed by atoms with van der Waals surface area (Å²) >= 11 is 12.3. The Balaban J connectivity index is 1.76. The van der Waals surface area contributed by atoms with Crippen LogP contribution < -0.4 is 0 Å². The summed E-state index contributed by atoms with van der Waals surface area (Å²) in [5.74, 6) is 0. The summed E-state index contributed by atoms with van der Waals surface area (Å²) in [5, 5.41) is 0. The van der Waals surface area contributed by atoms with Gasteiger partial charge >= 0.3 is 0 Å². The Bertz CT molecular complexity index is 1560. The Morgan fingerprint density at radius 2 is 0.667 bits per heavy atom. The van der Waals surface area contributed by atoms with Crippen molar-refractivity contribution < 1.29 is 0 Å². The Kier molecular flexibility index (Phi) is 6.86. The Hall–Kier alpha value is -1.68. The van der Waals surface area contributed by atoms with E-state index in [0.717, 1.165) is 38.5 Å². The smallest absolute Gasteiger partial charge is 0.0256 e. The minimum Gasteiger partial charge on any atom is -0.0608 e. The molecule has 4 aromatic carbocycles. The zero-order valence-electron chi connectivity index (χ0n) is 25.6. The molecule has 0 heterocycles. The van der Waals surface area contributed by atoms with E-state index >= 15 is 0 Å². The fourth-order valence-electron chi connectivity index (χ4n) is 8.32. The van der Waals surface area contributed by atoms with Gasteiger partial charge in [0, 0.05) is 30.1 Å². The van der Waals surface area contributed by atoms with Crippen molar-refractivity contribution >= 4 is 47.8 Å². The first-order valence-corrected chi connectivity index (χ1v) is 17.8. The van der Waals surface area contributed by atoms with Gasteiger partial charge < -0.3 is 0 Å². The minimum absolute atomic E-state index is 0.0706. The van der Waals surface area contributed by atoms with Crippen LogP contribution in [0.15, 0.2) is 68.0 Å². The van der Waals surface area contributed by atoms with Gasteiger partial charge in [-0.15, -0.1) is 0 Å². The maximum absolute atomic E-state index is 4.11. The first kappa shape index (κ1) is 29.1. The molecule has 3 aliphatic rings. The molecule has 42 heavy (non-hydrogen) atoms. The zero-order valence-corrected chi connectivity index (χ0v) is 30.3. The van der Waals surface area contributed by atoms with E-state index in [4.69, 9.17) is 0 Å². The van der Waals surface area contributed by atoms with Crippen molar-refractivity contribution in [2.75, 3.05) is 0 Å². The van der Waals surface area contributed by atoms with E-state index < -0.39 is 0 Å². The minimum atomic E-state index is 0.0706. The van der Waals surface area contributed by atoms with Crippen LogP contribution in [0.1, 0.15) is 94.2 Å². The van der Waals surface area contributed by atoms with Crippen LogP contribution in [-0.2, 0) is 35.5 Å². The van der Waals surface area contributed by atoms with E-state index in [1.54, 1.807) is 16.7 Å². The standard InChI is InChI=1S/C39H39Br3/c1-37(2)19-16-22-31(34-25(37)10-7-13-28(34)40)23-17-20-38(3,4)27-12-9-15-30(42)36(27)33(23)24-18-21-39(5,6)26-11-8-14-29(41)35(26)32(22)24/h7-15H,16-21H2,1-6H3. The monoisotopic (exact) mass is 744 g/mol. The highest BCUT2D eigenvalue weighted by Gasteiger charge is 2.41. The molecule has 0 atom stereocenters. The van der Waals surface area contributed by atoms with Crippen LogP contribution in [0.3, 0.4) is 0 Å². The van der Waals surface area contributed by atoms with E-state index in [1.165, 1.54) is 63.5 Å². The molecule has 0 amide bonds. The molecule has 7 rings (SSSR count). The summed E-state index contributed by atoms with van der Waals surface area (Å²) in [6, 6.07) is 20.7. The van der Waals surface area contributed by atoms with Gasteiger partial charge in [0.2, 0.25) is 0 Å². The Morgan fingerprint density at radius 1 is 0.405 bits per heavy atom. The van der Waals surface area contributed by atoms with Crippen LogP contribution in [0, 0.1) is 0 Å². The second kappa shape index (κ2) is 9.91. The third-order valence-electron chi connectivity index (χ3n) is 10.8. The predicted molar refractivity (Wildman–Crippen MR) is 190 cm³/mol. The third kappa shape index (κ3) is 4.23. The lowest BCUT2D eigenvalue weighted by Gasteiger charge is -2.29. The highest BCUT2D eigenvalue weighted by molar-refractivity contribution is 9.11. The van der Waals surface area contributed by atoms with Gasteiger partial charge in [-0.2, -0.15) is 0 Å². The van der Waals surface area contributed by atoms with Crippen molar-refractivity contribution in [1.82, 2.24) is 0 Å². The van der Waals surface area contributed by atoms with Crippen LogP contribution in [0.4, 0.5) is 0 Å². The van der Waals surface area contributed by atoms with Gasteiger partial charge in [-0.3, -0.25) is 0 Å². The van der Waals surface area contributed by atoms with Crippen LogP contribution in [-0.4, -0.2) is 0 Å². The summed E-state index contributed by atoms with van der Waals surface area (Å²) in [6.45, 7) is 14.7. The number of hydrogen-bond donors (Lipinski definition) is 0. The molecule has 0 saturated carbocycles. The second-order valence-electron chi connectivity index (χ2n) is 14.7. The van der Waals surface area contributed by atoms with Crippen molar-refractivity contribution in [3.05, 3.63) is 101 Å². The van der Waals surface area contributed by atoms with Gasteiger partial charge in [0.15, 0.2) is 0 Å². The molecule has 216 valence electrons. The molecule has 0 saturated heterocycles. The molecule has 0 nitrogen and oxygen atoms in total. The van der Waals surface area contributed by atoms with Crippen molar-refractivity contribution in [2.24, 2.45) is 0 Å². The van der Waals surface area contributed by atoms with Crippen LogP contribution in [0.5, 0.6) is 0 Å². The summed E-state index contributed by atoms with van der Waals surface area (Å²) < 4.78 is 3.65. The molecule has 4 aromatic rings. The summed E-state index contributed by atoms with van der Waals surface area (Å²) in [4.78, 5) is 0. The molecule has 3 heteroatoms. The largest absolute Gasteiger partial charge is 0.0608 e. The van der Waals surface area contributed by atoms with E-state index in [2.05, 4.69) is 144 Å². The molecule has 0 fully saturated rings. The average molecular weight is 747 g/mol. The van der Waals surface area contributed by atoms with Crippen LogP contribution >= 0.6 is 47.8 Å². The topological polar surface area (TPSA) is 0 Å². The van der Waals surface area contributed by atoms with Gasteiger partial charge in [-0.25, -0.2) is 0 Å². The van der Waals surface area contributed by atoms with E-state index in [1.807, 2.05) is 0 Å². The number of rotatable bonds is 0. The SMILES string of the molecule is CC1(C)CCc2c(c3c(c4c2-c2c(Br)cccc2C(C)(C)CC4)-c2c(Br)cccc2C(C)(C)CC3)-c2c(Br)cccc21. The van der Waals surface area contributed by atoms with Gasteiger partial charge in [0.05, 0.1) is 0 Å². The van der Waals surface area contributed by atoms with Crippen LogP contribution in [0.2, 0.25) is 0 Å². The van der Waals surface area contributed by atoms with Gasteiger partial charge in [0.25, 0.3) is 0 Å². The van der Waals surface area contributed by atoms with Crippen LogP contribution in [0.25, 0.3) is 33.4 Å². The molecule has 0 radical (unpaired) electrons. The number of halogens is 3. The van der Waals surface area contributed by atoms with Crippen molar-refractivity contribution in [2.45, 2.75) is 96.3 Å². The van der Waals surface area contributed by atoms with E-state index in [9.17, 15) is 0 Å². The molecule has 0 bridgehead atoms. The summed E-state index contributed by atoms with van der Waals surface area (Å²) in [5.41, 5.74) is 18.0. The lowest BCUT2D eigenvalue weighted by Crippen LogP contribution is -2.18. The summed E-state index contributed by atoms with van der Waals surface area (Å²) in [7, 11) is 0. The quantitative estimate of drug-likeness (QED) is 0.168. The molecule has 0 N–H and O–H groups in total. The van der Waals surface area contributed by atoms with E-state index in [0.29, 0.717) is 0 Å². The van der Waals surface area contributed by atoms with Gasteiger partial charge in [0.1, 0.15) is 0 Å². The maximum atomic E-state index is 4.11. The van der Waals surface area contributed by atoms with Crippen molar-refractivity contribution in [3.63, 3.8) is 0 Å². The fourth-order valence-corrected chi connectivity index (χ4v) is 10.0.